The molecule has 0 aliphatic heterocycles. The minimum atomic E-state index is -0.968. The Kier molecular flexibility index (Phi) is 15.2. The molecule has 0 spiro atoms. The van der Waals surface area contributed by atoms with Gasteiger partial charge in [-0.05, 0) is 38.5 Å². The minimum absolute atomic E-state index is 0.200. The Morgan fingerprint density at radius 3 is 1.57 bits per heavy atom. The molecule has 128 valence electrons. The average molecular weight is 318 g/mol. The number of carboxylic acids is 1. The van der Waals surface area contributed by atoms with E-state index in [1.807, 2.05) is 12.2 Å². The summed E-state index contributed by atoms with van der Waals surface area (Å²) in [6.07, 6.45) is 25.1. The first kappa shape index (κ1) is 21.1. The van der Waals surface area contributed by atoms with Crippen LogP contribution in [0.25, 0.3) is 0 Å². The Bertz CT molecular complexity index is 428. The van der Waals surface area contributed by atoms with Gasteiger partial charge in [0.05, 0.1) is 12.5 Å². The molecular weight excluding hydrogens is 288 g/mol. The molecule has 0 saturated heterocycles. The zero-order valence-electron chi connectivity index (χ0n) is 14.1. The summed E-state index contributed by atoms with van der Waals surface area (Å²) < 4.78 is 0. The molecule has 0 aromatic heterocycles. The Labute approximate surface area is 140 Å². The van der Waals surface area contributed by atoms with E-state index in [0.29, 0.717) is 6.42 Å². The van der Waals surface area contributed by atoms with E-state index < -0.39 is 12.1 Å². The molecule has 0 amide bonds. The number of allylic oxidation sites excluding steroid dienone is 9. The van der Waals surface area contributed by atoms with Crippen molar-refractivity contribution in [2.24, 2.45) is 0 Å². The largest absolute Gasteiger partial charge is 0.481 e. The number of aliphatic carboxylic acids is 1. The van der Waals surface area contributed by atoms with Gasteiger partial charge in [-0.2, -0.15) is 0 Å². The van der Waals surface area contributed by atoms with E-state index >= 15 is 0 Å². The van der Waals surface area contributed by atoms with Crippen molar-refractivity contribution in [2.45, 2.75) is 58.0 Å². The van der Waals surface area contributed by atoms with Gasteiger partial charge in [0, 0.05) is 0 Å². The van der Waals surface area contributed by atoms with E-state index in [9.17, 15) is 9.90 Å². The van der Waals surface area contributed by atoms with E-state index in [4.69, 9.17) is 5.11 Å². The molecule has 0 saturated carbocycles. The number of aliphatic hydroxyl groups is 1. The zero-order chi connectivity index (χ0) is 17.2. The van der Waals surface area contributed by atoms with Crippen LogP contribution in [0, 0.1) is 0 Å². The molecule has 0 bridgehead atoms. The van der Waals surface area contributed by atoms with Crippen LogP contribution in [0.4, 0.5) is 0 Å². The normalized spacial score (nSPS) is 14.2. The summed E-state index contributed by atoms with van der Waals surface area (Å²) in [6.45, 7) is 2.13. The van der Waals surface area contributed by atoms with E-state index in [-0.39, 0.29) is 6.42 Å². The van der Waals surface area contributed by atoms with Crippen molar-refractivity contribution in [2.75, 3.05) is 0 Å². The first-order valence-electron chi connectivity index (χ1n) is 8.31. The van der Waals surface area contributed by atoms with Crippen molar-refractivity contribution in [1.29, 1.82) is 0 Å². The molecule has 23 heavy (non-hydrogen) atoms. The molecule has 0 aliphatic rings. The number of aliphatic hydroxyl groups excluding tert-OH is 1. The summed E-state index contributed by atoms with van der Waals surface area (Å²) in [6, 6.07) is 0. The predicted molar refractivity (Wildman–Crippen MR) is 97.3 cm³/mol. The second kappa shape index (κ2) is 16.5. The second-order valence-electron chi connectivity index (χ2n) is 5.20. The highest BCUT2D eigenvalue weighted by atomic mass is 16.4. The topological polar surface area (TPSA) is 57.5 Å². The fourth-order valence-corrected chi connectivity index (χ4v) is 1.79. The van der Waals surface area contributed by atoms with Gasteiger partial charge in [-0.3, -0.25) is 4.79 Å². The lowest BCUT2D eigenvalue weighted by molar-refractivity contribution is -0.139. The lowest BCUT2D eigenvalue weighted by atomic mass is 10.1. The van der Waals surface area contributed by atoms with Gasteiger partial charge in [-0.1, -0.05) is 67.7 Å². The molecule has 1 unspecified atom stereocenters. The van der Waals surface area contributed by atoms with Crippen molar-refractivity contribution in [3.63, 3.8) is 0 Å². The van der Waals surface area contributed by atoms with Gasteiger partial charge in [0.25, 0.3) is 0 Å². The van der Waals surface area contributed by atoms with Crippen LogP contribution in [0.3, 0.4) is 0 Å². The van der Waals surface area contributed by atoms with Crippen LogP contribution in [0.15, 0.2) is 60.8 Å². The standard InChI is InChI=1S/C20H30O3/c1-2-3-4-5-6-7-8-9-10-11-12-13-14-15-16-17-19(21)18-20(22)23/h3-4,6-7,9-10,12-13,15-16,19,21H,2,5,8,11,14,17-18H2,1H3,(H,22,23)/b4-3-,7-6-,10-9-,13-12-,16-15-. The van der Waals surface area contributed by atoms with Crippen LogP contribution < -0.4 is 0 Å². The summed E-state index contributed by atoms with van der Waals surface area (Å²) in [5.74, 6) is -0.968. The summed E-state index contributed by atoms with van der Waals surface area (Å²) in [7, 11) is 0. The predicted octanol–water partition coefficient (Wildman–Crippen LogP) is 4.96. The zero-order valence-corrected chi connectivity index (χ0v) is 14.1. The summed E-state index contributed by atoms with van der Waals surface area (Å²) >= 11 is 0. The monoisotopic (exact) mass is 318 g/mol. The third-order valence-electron chi connectivity index (χ3n) is 2.98. The molecule has 0 radical (unpaired) electrons. The van der Waals surface area contributed by atoms with Crippen LogP contribution in [-0.4, -0.2) is 22.3 Å². The minimum Gasteiger partial charge on any atom is -0.481 e. The molecule has 3 heteroatoms. The molecule has 0 fully saturated rings. The first-order chi connectivity index (χ1) is 11.2. The fraction of sp³-hybridized carbons (Fsp3) is 0.450. The van der Waals surface area contributed by atoms with Crippen molar-refractivity contribution < 1.29 is 15.0 Å². The highest BCUT2D eigenvalue weighted by Crippen LogP contribution is 2.00. The molecule has 0 aromatic rings. The molecule has 3 nitrogen and oxygen atoms in total. The molecule has 2 N–H and O–H groups in total. The fourth-order valence-electron chi connectivity index (χ4n) is 1.79. The third-order valence-corrected chi connectivity index (χ3v) is 2.98. The van der Waals surface area contributed by atoms with E-state index in [1.165, 1.54) is 0 Å². The number of carboxylic acid groups (broad SMARTS) is 1. The van der Waals surface area contributed by atoms with Crippen molar-refractivity contribution in [1.82, 2.24) is 0 Å². The lowest BCUT2D eigenvalue weighted by Gasteiger charge is -2.02. The Balaban J connectivity index is 3.58. The van der Waals surface area contributed by atoms with Crippen molar-refractivity contribution in [3.8, 4) is 0 Å². The quantitative estimate of drug-likeness (QED) is 0.472. The third kappa shape index (κ3) is 18.1. The number of hydrogen-bond acceptors (Lipinski definition) is 2. The van der Waals surface area contributed by atoms with Gasteiger partial charge in [-0.25, -0.2) is 0 Å². The maximum atomic E-state index is 10.4. The Hall–Kier alpha value is -1.87. The van der Waals surface area contributed by atoms with Crippen molar-refractivity contribution in [3.05, 3.63) is 60.8 Å². The average Bonchev–Trinajstić information content (AvgIpc) is 2.50. The van der Waals surface area contributed by atoms with Crippen LogP contribution in [0.1, 0.15) is 51.9 Å². The van der Waals surface area contributed by atoms with Crippen LogP contribution >= 0.6 is 0 Å². The molecule has 1 atom stereocenters. The maximum Gasteiger partial charge on any atom is 0.305 e. The van der Waals surface area contributed by atoms with Gasteiger partial charge < -0.3 is 10.2 Å². The number of carbonyl (C=O) groups is 1. The molecule has 0 heterocycles. The van der Waals surface area contributed by atoms with Gasteiger partial charge in [0.2, 0.25) is 0 Å². The smallest absolute Gasteiger partial charge is 0.305 e. The summed E-state index contributed by atoms with van der Waals surface area (Å²) in [5, 5.41) is 17.9. The summed E-state index contributed by atoms with van der Waals surface area (Å²) in [4.78, 5) is 10.4. The summed E-state index contributed by atoms with van der Waals surface area (Å²) in [5.41, 5.74) is 0. The highest BCUT2D eigenvalue weighted by molar-refractivity contribution is 5.67. The first-order valence-corrected chi connectivity index (χ1v) is 8.31. The molecule has 0 rings (SSSR count). The lowest BCUT2D eigenvalue weighted by Crippen LogP contribution is -2.11. The number of rotatable bonds is 13. The number of hydrogen-bond donors (Lipinski definition) is 2. The van der Waals surface area contributed by atoms with Gasteiger partial charge in [0.1, 0.15) is 0 Å². The van der Waals surface area contributed by atoms with Crippen LogP contribution in [0.5, 0.6) is 0 Å². The SMILES string of the molecule is CC/C=C\C/C=C\C/C=C\C/C=C\C/C=C\CC(O)CC(=O)O. The maximum absolute atomic E-state index is 10.4. The van der Waals surface area contributed by atoms with E-state index in [0.717, 1.165) is 32.1 Å². The Morgan fingerprint density at radius 1 is 0.783 bits per heavy atom. The van der Waals surface area contributed by atoms with Crippen LogP contribution in [-0.2, 0) is 4.79 Å². The molecule has 0 aliphatic carbocycles. The van der Waals surface area contributed by atoms with Crippen LogP contribution in [0.2, 0.25) is 0 Å². The van der Waals surface area contributed by atoms with E-state index in [2.05, 4.69) is 55.5 Å². The molecular formula is C20H30O3. The molecule has 0 aromatic carbocycles. The second-order valence-corrected chi connectivity index (χ2v) is 5.20. The van der Waals surface area contributed by atoms with Gasteiger partial charge in [0.15, 0.2) is 0 Å². The van der Waals surface area contributed by atoms with Gasteiger partial charge in [-0.15, -0.1) is 0 Å². The Morgan fingerprint density at radius 2 is 1.17 bits per heavy atom. The van der Waals surface area contributed by atoms with E-state index in [1.54, 1.807) is 0 Å². The highest BCUT2D eigenvalue weighted by Gasteiger charge is 2.06. The van der Waals surface area contributed by atoms with Crippen molar-refractivity contribution >= 4 is 5.97 Å². The van der Waals surface area contributed by atoms with Gasteiger partial charge >= 0.3 is 5.97 Å².